The highest BCUT2D eigenvalue weighted by Crippen LogP contribution is 2.29. The Bertz CT molecular complexity index is 1020. The van der Waals surface area contributed by atoms with Crippen LogP contribution in [0.25, 0.3) is 22.2 Å². The third-order valence-corrected chi connectivity index (χ3v) is 5.00. The van der Waals surface area contributed by atoms with Gasteiger partial charge in [-0.05, 0) is 37.1 Å². The summed E-state index contributed by atoms with van der Waals surface area (Å²) in [5.74, 6) is -1.62. The van der Waals surface area contributed by atoms with Crippen LogP contribution in [-0.4, -0.2) is 40.1 Å². The highest BCUT2D eigenvalue weighted by molar-refractivity contribution is 6.07. The zero-order valence-corrected chi connectivity index (χ0v) is 14.5. The van der Waals surface area contributed by atoms with Crippen molar-refractivity contribution >= 4 is 16.8 Å². The number of aliphatic hydroxyl groups is 1. The number of pyridine rings is 1. The summed E-state index contributed by atoms with van der Waals surface area (Å²) in [6.45, 7) is 0.481. The number of nitrogens with zero attached hydrogens (tertiary/aromatic N) is 2. The number of benzene rings is 2. The normalized spacial score (nSPS) is 16.9. The number of hydrogen-bond donors (Lipinski definition) is 1. The van der Waals surface area contributed by atoms with Crippen LogP contribution in [0.5, 0.6) is 0 Å². The smallest absolute Gasteiger partial charge is 0.254 e. The molecule has 3 aromatic rings. The van der Waals surface area contributed by atoms with Crippen molar-refractivity contribution in [3.63, 3.8) is 0 Å². The summed E-state index contributed by atoms with van der Waals surface area (Å²) < 4.78 is 27.5. The lowest BCUT2D eigenvalue weighted by molar-refractivity contribution is 0.0679. The first kappa shape index (κ1) is 17.5. The van der Waals surface area contributed by atoms with E-state index in [1.165, 1.54) is 12.1 Å². The largest absolute Gasteiger partial charge is 0.394 e. The van der Waals surface area contributed by atoms with Gasteiger partial charge < -0.3 is 10.0 Å². The Labute approximate surface area is 155 Å². The molecule has 1 aliphatic heterocycles. The van der Waals surface area contributed by atoms with Gasteiger partial charge >= 0.3 is 0 Å². The lowest BCUT2D eigenvalue weighted by atomic mass is 10.0. The number of halogens is 2. The summed E-state index contributed by atoms with van der Waals surface area (Å²) in [7, 11) is 0. The Morgan fingerprint density at radius 3 is 2.78 bits per heavy atom. The minimum Gasteiger partial charge on any atom is -0.394 e. The van der Waals surface area contributed by atoms with Gasteiger partial charge in [0, 0.05) is 23.6 Å². The van der Waals surface area contributed by atoms with E-state index < -0.39 is 11.6 Å². The molecule has 0 aliphatic carbocycles. The van der Waals surface area contributed by atoms with Gasteiger partial charge in [0.2, 0.25) is 0 Å². The number of likely N-dealkylation sites (tertiary alicyclic amines) is 1. The Kier molecular flexibility index (Phi) is 4.58. The molecule has 4 rings (SSSR count). The first-order valence-electron chi connectivity index (χ1n) is 8.85. The molecular formula is C21H18F2N2O2. The number of carbonyl (C=O) groups is 1. The molecule has 4 nitrogen and oxygen atoms in total. The predicted molar refractivity (Wildman–Crippen MR) is 98.2 cm³/mol. The quantitative estimate of drug-likeness (QED) is 0.766. The van der Waals surface area contributed by atoms with Crippen molar-refractivity contribution in [2.24, 2.45) is 0 Å². The fraction of sp³-hybridized carbons (Fsp3) is 0.238. The van der Waals surface area contributed by atoms with Crippen LogP contribution in [0.4, 0.5) is 8.78 Å². The van der Waals surface area contributed by atoms with Crippen LogP contribution in [0.1, 0.15) is 23.2 Å². The molecule has 0 spiro atoms. The van der Waals surface area contributed by atoms with Gasteiger partial charge in [0.15, 0.2) is 0 Å². The van der Waals surface area contributed by atoms with Gasteiger partial charge in [-0.3, -0.25) is 4.79 Å². The van der Waals surface area contributed by atoms with Crippen LogP contribution in [0.15, 0.2) is 48.5 Å². The van der Waals surface area contributed by atoms with E-state index in [0.717, 1.165) is 18.9 Å². The molecule has 1 aromatic heterocycles. The molecule has 0 saturated carbocycles. The van der Waals surface area contributed by atoms with Gasteiger partial charge in [0.1, 0.15) is 11.6 Å². The van der Waals surface area contributed by atoms with Crippen LogP contribution < -0.4 is 0 Å². The highest BCUT2D eigenvalue weighted by Gasteiger charge is 2.30. The zero-order valence-electron chi connectivity index (χ0n) is 14.5. The number of carbonyl (C=O) groups excluding carboxylic acids is 1. The summed E-state index contributed by atoms with van der Waals surface area (Å²) in [5.41, 5.74) is 1.37. The van der Waals surface area contributed by atoms with Gasteiger partial charge in [0.25, 0.3) is 5.91 Å². The first-order chi connectivity index (χ1) is 13.1. The second-order valence-corrected chi connectivity index (χ2v) is 6.67. The van der Waals surface area contributed by atoms with E-state index in [1.54, 1.807) is 29.2 Å². The summed E-state index contributed by atoms with van der Waals surface area (Å²) in [6.07, 6.45) is 1.59. The molecule has 6 heteroatoms. The fourth-order valence-corrected chi connectivity index (χ4v) is 3.64. The lowest BCUT2D eigenvalue weighted by Gasteiger charge is -2.24. The van der Waals surface area contributed by atoms with E-state index in [9.17, 15) is 18.7 Å². The molecule has 1 saturated heterocycles. The molecule has 1 amide bonds. The van der Waals surface area contributed by atoms with Gasteiger partial charge in [-0.15, -0.1) is 0 Å². The maximum atomic E-state index is 14.3. The summed E-state index contributed by atoms with van der Waals surface area (Å²) in [6, 6.07) is 11.8. The van der Waals surface area contributed by atoms with Crippen LogP contribution in [0, 0.1) is 11.6 Å². The number of amides is 1. The Balaban J connectivity index is 1.87. The first-order valence-corrected chi connectivity index (χ1v) is 8.85. The molecule has 27 heavy (non-hydrogen) atoms. The van der Waals surface area contributed by atoms with Crippen molar-refractivity contribution in [2.45, 2.75) is 18.9 Å². The lowest BCUT2D eigenvalue weighted by Crippen LogP contribution is -2.37. The van der Waals surface area contributed by atoms with E-state index in [-0.39, 0.29) is 29.8 Å². The van der Waals surface area contributed by atoms with Crippen LogP contribution in [0.2, 0.25) is 0 Å². The molecule has 0 unspecified atom stereocenters. The molecule has 1 aliphatic rings. The second-order valence-electron chi connectivity index (χ2n) is 6.67. The number of fused-ring (bicyclic) bond motifs is 1. The molecule has 2 heterocycles. The average Bonchev–Trinajstić information content (AvgIpc) is 3.15. The van der Waals surface area contributed by atoms with Crippen molar-refractivity contribution in [1.29, 1.82) is 0 Å². The number of rotatable bonds is 3. The topological polar surface area (TPSA) is 53.4 Å². The van der Waals surface area contributed by atoms with Gasteiger partial charge in [-0.25, -0.2) is 13.8 Å². The predicted octanol–water partition coefficient (Wildman–Crippen LogP) is 3.78. The number of para-hydroxylation sites is 1. The summed E-state index contributed by atoms with van der Waals surface area (Å²) in [4.78, 5) is 19.3. The van der Waals surface area contributed by atoms with E-state index in [1.807, 2.05) is 6.07 Å². The van der Waals surface area contributed by atoms with E-state index in [4.69, 9.17) is 0 Å². The van der Waals surface area contributed by atoms with Gasteiger partial charge in [-0.1, -0.05) is 18.2 Å². The van der Waals surface area contributed by atoms with Crippen LogP contribution in [-0.2, 0) is 0 Å². The molecule has 0 radical (unpaired) electrons. The fourth-order valence-electron chi connectivity index (χ4n) is 3.64. The summed E-state index contributed by atoms with van der Waals surface area (Å²) in [5, 5.41) is 10.2. The molecule has 1 N–H and O–H groups in total. The van der Waals surface area contributed by atoms with Crippen molar-refractivity contribution in [3.8, 4) is 11.3 Å². The standard InChI is InChI=1S/C21H18F2N2O2/c22-13-7-8-16(18(23)10-13)20-11-17(15-5-1-2-6-19(15)24-20)21(27)25-9-3-4-14(25)12-26/h1-2,5-8,10-11,14,26H,3-4,9,12H2/t14-/m0/s1. The number of aliphatic hydroxyl groups excluding tert-OH is 1. The highest BCUT2D eigenvalue weighted by atomic mass is 19.1. The van der Waals surface area contributed by atoms with E-state index >= 15 is 0 Å². The van der Waals surface area contributed by atoms with Crippen molar-refractivity contribution in [3.05, 3.63) is 65.7 Å². The summed E-state index contributed by atoms with van der Waals surface area (Å²) >= 11 is 0. The Morgan fingerprint density at radius 1 is 1.19 bits per heavy atom. The molecule has 0 bridgehead atoms. The third-order valence-electron chi connectivity index (χ3n) is 5.00. The Morgan fingerprint density at radius 2 is 2.00 bits per heavy atom. The second kappa shape index (κ2) is 7.04. The van der Waals surface area contributed by atoms with Gasteiger partial charge in [-0.2, -0.15) is 0 Å². The maximum absolute atomic E-state index is 14.3. The molecule has 1 fully saturated rings. The monoisotopic (exact) mass is 368 g/mol. The molecular weight excluding hydrogens is 350 g/mol. The van der Waals surface area contributed by atoms with E-state index in [2.05, 4.69) is 4.98 Å². The molecule has 138 valence electrons. The van der Waals surface area contributed by atoms with Crippen molar-refractivity contribution in [2.75, 3.05) is 13.2 Å². The van der Waals surface area contributed by atoms with Crippen molar-refractivity contribution in [1.82, 2.24) is 9.88 Å². The third kappa shape index (κ3) is 3.17. The minimum absolute atomic E-state index is 0.0891. The zero-order chi connectivity index (χ0) is 19.0. The maximum Gasteiger partial charge on any atom is 0.254 e. The molecule has 1 atom stereocenters. The SMILES string of the molecule is O=C(c1cc(-c2ccc(F)cc2F)nc2ccccc12)N1CCC[C@H]1CO. The average molecular weight is 368 g/mol. The van der Waals surface area contributed by atoms with E-state index in [0.29, 0.717) is 23.0 Å². The van der Waals surface area contributed by atoms with Crippen LogP contribution in [0.3, 0.4) is 0 Å². The van der Waals surface area contributed by atoms with Gasteiger partial charge in [0.05, 0.1) is 29.4 Å². The molecule has 2 aromatic carbocycles. The number of hydrogen-bond acceptors (Lipinski definition) is 3. The minimum atomic E-state index is -0.731. The van der Waals surface area contributed by atoms with Crippen LogP contribution >= 0.6 is 0 Å². The number of aromatic nitrogens is 1. The Hall–Kier alpha value is -2.86. The van der Waals surface area contributed by atoms with Crippen molar-refractivity contribution < 1.29 is 18.7 Å².